The summed E-state index contributed by atoms with van der Waals surface area (Å²) in [5.41, 5.74) is -0.404. The van der Waals surface area contributed by atoms with Gasteiger partial charge in [0.1, 0.15) is 0 Å². The molecule has 0 spiro atoms. The summed E-state index contributed by atoms with van der Waals surface area (Å²) in [6, 6.07) is 0. The minimum Gasteiger partial charge on any atom is -0.775 e. The maximum Gasteiger partial charge on any atom is 1.00 e. The Morgan fingerprint density at radius 2 is 2.33 bits per heavy atom. The third-order valence-electron chi connectivity index (χ3n) is 0.968. The second kappa shape index (κ2) is 9.14. The van der Waals surface area contributed by atoms with Gasteiger partial charge in [0.05, 0.1) is 6.57 Å². The van der Waals surface area contributed by atoms with E-state index >= 15 is 0 Å². The van der Waals surface area contributed by atoms with E-state index in [0.717, 1.165) is 6.42 Å². The van der Waals surface area contributed by atoms with Gasteiger partial charge in [0.2, 0.25) is 0 Å². The standard InChI is InChI=1S/C7H8N3O.K/c1-3-4-10-7(11)6(5-8)9-2;/h3-4H2,1H3,(H,10,11);/q-1;+1. The zero-order valence-electron chi connectivity index (χ0n) is 7.22. The Labute approximate surface area is 114 Å². The molecular weight excluding hydrogens is 181 g/mol. The molecule has 1 amide bonds. The molecule has 1 N–H and O–H groups in total. The third-order valence-corrected chi connectivity index (χ3v) is 0.968. The Morgan fingerprint density at radius 1 is 1.75 bits per heavy atom. The molecule has 0 unspecified atom stereocenters. The summed E-state index contributed by atoms with van der Waals surface area (Å²) in [6.45, 7) is 8.82. The SMILES string of the molecule is [C-]#[N+]C(=C=[N-])C(=O)NCCC.[K+]. The van der Waals surface area contributed by atoms with Crippen molar-refractivity contribution in [2.45, 2.75) is 13.3 Å². The van der Waals surface area contributed by atoms with Crippen molar-refractivity contribution in [2.75, 3.05) is 6.54 Å². The van der Waals surface area contributed by atoms with Crippen LogP contribution in [0.15, 0.2) is 5.70 Å². The normalized spacial score (nSPS) is 7.00. The molecule has 58 valence electrons. The molecule has 0 aromatic carbocycles. The van der Waals surface area contributed by atoms with Crippen LogP contribution in [0.3, 0.4) is 0 Å². The Bertz CT molecular complexity index is 238. The van der Waals surface area contributed by atoms with Gasteiger partial charge in [-0.3, -0.25) is 10.7 Å². The molecule has 0 aliphatic carbocycles. The fraction of sp³-hybridized carbons (Fsp3) is 0.429. The van der Waals surface area contributed by atoms with Crippen molar-refractivity contribution in [1.82, 2.24) is 5.32 Å². The maximum absolute atomic E-state index is 10.8. The van der Waals surface area contributed by atoms with Gasteiger partial charge in [-0.25, -0.2) is 4.85 Å². The van der Waals surface area contributed by atoms with Crippen molar-refractivity contribution in [1.29, 1.82) is 0 Å². The topological polar surface area (TPSA) is 55.8 Å². The van der Waals surface area contributed by atoms with Gasteiger partial charge < -0.3 is 10.7 Å². The molecule has 0 bridgehead atoms. The number of carbonyl (C=O) groups is 1. The van der Waals surface area contributed by atoms with Crippen LogP contribution in [0.1, 0.15) is 13.3 Å². The van der Waals surface area contributed by atoms with Crippen LogP contribution in [0.5, 0.6) is 0 Å². The minimum absolute atomic E-state index is 0. The molecule has 0 aromatic rings. The van der Waals surface area contributed by atoms with Crippen LogP contribution in [0.2, 0.25) is 0 Å². The zero-order valence-corrected chi connectivity index (χ0v) is 10.3. The van der Waals surface area contributed by atoms with Gasteiger partial charge in [-0.1, -0.05) is 6.92 Å². The van der Waals surface area contributed by atoms with Crippen LogP contribution < -0.4 is 56.7 Å². The molecule has 0 saturated heterocycles. The number of hydrogen-bond acceptors (Lipinski definition) is 1. The molecule has 0 radical (unpaired) electrons. The first-order valence-electron chi connectivity index (χ1n) is 3.19. The Kier molecular flexibility index (Phi) is 11.1. The molecule has 0 fully saturated rings. The van der Waals surface area contributed by atoms with Gasteiger partial charge in [-0.2, -0.15) is 0 Å². The van der Waals surface area contributed by atoms with E-state index in [-0.39, 0.29) is 51.4 Å². The second-order valence-corrected chi connectivity index (χ2v) is 1.83. The van der Waals surface area contributed by atoms with Crippen molar-refractivity contribution >= 4 is 11.8 Å². The Balaban J connectivity index is 0. The summed E-state index contributed by atoms with van der Waals surface area (Å²) >= 11 is 0. The third kappa shape index (κ3) is 5.67. The van der Waals surface area contributed by atoms with E-state index in [4.69, 9.17) is 12.0 Å². The first-order valence-corrected chi connectivity index (χ1v) is 3.19. The number of carbonyl (C=O) groups excluding carboxylic acids is 1. The molecule has 0 atom stereocenters. The van der Waals surface area contributed by atoms with E-state index in [1.807, 2.05) is 6.92 Å². The first-order chi connectivity index (χ1) is 5.26. The maximum atomic E-state index is 10.8. The predicted octanol–water partition coefficient (Wildman–Crippen LogP) is -2.44. The van der Waals surface area contributed by atoms with Gasteiger partial charge >= 0.3 is 51.4 Å². The molecule has 4 nitrogen and oxygen atoms in total. The van der Waals surface area contributed by atoms with E-state index in [9.17, 15) is 4.79 Å². The molecule has 12 heavy (non-hydrogen) atoms. The second-order valence-electron chi connectivity index (χ2n) is 1.83. The fourth-order valence-corrected chi connectivity index (χ4v) is 0.449. The van der Waals surface area contributed by atoms with Crippen LogP contribution in [-0.2, 0) is 4.79 Å². The van der Waals surface area contributed by atoms with Crippen molar-refractivity contribution in [3.63, 3.8) is 0 Å². The summed E-state index contributed by atoms with van der Waals surface area (Å²) in [5, 5.41) is 10.7. The smallest absolute Gasteiger partial charge is 0.775 e. The summed E-state index contributed by atoms with van der Waals surface area (Å²) in [4.78, 5) is 13.5. The number of nitrogens with zero attached hydrogens (tertiary/aromatic N) is 2. The van der Waals surface area contributed by atoms with Crippen LogP contribution in [0.25, 0.3) is 10.3 Å². The summed E-state index contributed by atoms with van der Waals surface area (Å²) < 4.78 is 0. The van der Waals surface area contributed by atoms with Gasteiger partial charge in [0.25, 0.3) is 11.6 Å². The number of rotatable bonds is 3. The van der Waals surface area contributed by atoms with Crippen LogP contribution in [0.4, 0.5) is 0 Å². The van der Waals surface area contributed by atoms with E-state index < -0.39 is 11.6 Å². The van der Waals surface area contributed by atoms with Gasteiger partial charge in [0, 0.05) is 6.54 Å². The van der Waals surface area contributed by atoms with E-state index in [0.29, 0.717) is 6.54 Å². The molecule has 0 aliphatic heterocycles. The van der Waals surface area contributed by atoms with E-state index in [1.54, 1.807) is 0 Å². The van der Waals surface area contributed by atoms with Gasteiger partial charge in [-0.15, -0.1) is 0 Å². The van der Waals surface area contributed by atoms with Crippen LogP contribution in [0, 0.1) is 6.57 Å². The van der Waals surface area contributed by atoms with Crippen LogP contribution >= 0.6 is 0 Å². The minimum atomic E-state index is -0.579. The quantitative estimate of drug-likeness (QED) is 0.228. The van der Waals surface area contributed by atoms with Crippen molar-refractivity contribution < 1.29 is 56.2 Å². The first kappa shape index (κ1) is 14.6. The number of nitrogens with one attached hydrogen (secondary N) is 1. The molecule has 0 aromatic heterocycles. The van der Waals surface area contributed by atoms with Crippen molar-refractivity contribution in [3.05, 3.63) is 22.5 Å². The summed E-state index contributed by atoms with van der Waals surface area (Å²) in [6.07, 6.45) is 0.794. The molecule has 0 aliphatic rings. The van der Waals surface area contributed by atoms with Gasteiger partial charge in [-0.05, 0) is 6.42 Å². The summed E-state index contributed by atoms with van der Waals surface area (Å²) in [7, 11) is 0. The largest absolute Gasteiger partial charge is 1.00 e. The van der Waals surface area contributed by atoms with E-state index in [1.165, 1.54) is 5.87 Å². The average Bonchev–Trinajstić information content (AvgIpc) is 2.03. The Morgan fingerprint density at radius 3 is 2.67 bits per heavy atom. The molecule has 0 saturated carbocycles. The summed E-state index contributed by atoms with van der Waals surface area (Å²) in [5.74, 6) is 0.932. The van der Waals surface area contributed by atoms with Crippen molar-refractivity contribution in [2.24, 2.45) is 0 Å². The average molecular weight is 189 g/mol. The molecule has 0 rings (SSSR count). The van der Waals surface area contributed by atoms with Crippen molar-refractivity contribution in [3.8, 4) is 0 Å². The molecule has 5 heteroatoms. The number of amides is 1. The monoisotopic (exact) mass is 189 g/mol. The molecule has 0 heterocycles. The number of hydrogen-bond donors (Lipinski definition) is 1. The molecular formula is C7H8KN3O. The predicted molar refractivity (Wildman–Crippen MR) is 41.8 cm³/mol. The Hall–Kier alpha value is 0.0464. The fourth-order valence-electron chi connectivity index (χ4n) is 0.449. The zero-order chi connectivity index (χ0) is 8.69. The van der Waals surface area contributed by atoms with Gasteiger partial charge in [0.15, 0.2) is 0 Å². The van der Waals surface area contributed by atoms with E-state index in [2.05, 4.69) is 10.2 Å². The van der Waals surface area contributed by atoms with Crippen LogP contribution in [-0.4, -0.2) is 18.3 Å².